The Bertz CT molecular complexity index is 1390. The normalized spacial score (nSPS) is 17.1. The number of rotatable bonds is 10. The van der Waals surface area contributed by atoms with Crippen LogP contribution in [0.4, 0.5) is 15.9 Å². The number of aldehydes is 1. The standard InChI is InChI=1S/C27H28FN5O4S/c1-31(26-12-29-30-33(26)13-18-3-6-20(36-2)7-4-18)15-22-8-10-25(38-22)23-9-5-19(11-24(23)28)32-14-21(16-34)37-27(32)17-35/h3-12,17,21,27,34H,13-16H2,1-2H3/t21-,27?/m1/s1. The van der Waals surface area contributed by atoms with E-state index >= 15 is 4.39 Å². The third-order valence-electron chi connectivity index (χ3n) is 6.44. The lowest BCUT2D eigenvalue weighted by Crippen LogP contribution is -2.31. The molecule has 1 aliphatic heterocycles. The van der Waals surface area contributed by atoms with Crippen molar-refractivity contribution in [1.82, 2.24) is 15.0 Å². The second-order valence-electron chi connectivity index (χ2n) is 9.00. The van der Waals surface area contributed by atoms with Crippen LogP contribution in [0.1, 0.15) is 10.4 Å². The van der Waals surface area contributed by atoms with Crippen molar-refractivity contribution in [2.45, 2.75) is 25.4 Å². The number of aliphatic hydroxyl groups is 1. The van der Waals surface area contributed by atoms with Gasteiger partial charge in [0.2, 0.25) is 0 Å². The molecular weight excluding hydrogens is 509 g/mol. The van der Waals surface area contributed by atoms with Crippen LogP contribution in [0.25, 0.3) is 10.4 Å². The maximum absolute atomic E-state index is 15.2. The summed E-state index contributed by atoms with van der Waals surface area (Å²) in [7, 11) is 3.61. The van der Waals surface area contributed by atoms with Crippen molar-refractivity contribution in [1.29, 1.82) is 0 Å². The second kappa shape index (κ2) is 11.3. The average Bonchev–Trinajstić information content (AvgIpc) is 3.69. The highest BCUT2D eigenvalue weighted by Gasteiger charge is 2.32. The molecule has 5 rings (SSSR count). The maximum atomic E-state index is 15.2. The summed E-state index contributed by atoms with van der Waals surface area (Å²) in [6.07, 6.45) is 1.07. The van der Waals surface area contributed by atoms with Crippen LogP contribution in [-0.4, -0.2) is 66.0 Å². The van der Waals surface area contributed by atoms with Crippen LogP contribution in [-0.2, 0) is 22.6 Å². The third kappa shape index (κ3) is 5.40. The third-order valence-corrected chi connectivity index (χ3v) is 7.55. The number of thiophene rings is 1. The molecule has 198 valence electrons. The van der Waals surface area contributed by atoms with Gasteiger partial charge in [0, 0.05) is 34.6 Å². The van der Waals surface area contributed by atoms with Gasteiger partial charge in [-0.05, 0) is 48.0 Å². The highest BCUT2D eigenvalue weighted by Crippen LogP contribution is 2.34. The van der Waals surface area contributed by atoms with E-state index in [1.807, 2.05) is 48.1 Å². The lowest BCUT2D eigenvalue weighted by Gasteiger charge is -2.21. The Morgan fingerprint density at radius 2 is 2.05 bits per heavy atom. The van der Waals surface area contributed by atoms with E-state index < -0.39 is 12.3 Å². The first kappa shape index (κ1) is 25.8. The summed E-state index contributed by atoms with van der Waals surface area (Å²) < 4.78 is 27.7. The summed E-state index contributed by atoms with van der Waals surface area (Å²) in [5.74, 6) is 1.28. The fraction of sp³-hybridized carbons (Fsp3) is 0.296. The van der Waals surface area contributed by atoms with E-state index in [9.17, 15) is 9.90 Å². The molecule has 3 heterocycles. The van der Waals surface area contributed by atoms with E-state index in [2.05, 4.69) is 15.2 Å². The molecule has 11 heteroatoms. The number of anilines is 2. The van der Waals surface area contributed by atoms with Crippen LogP contribution in [0.2, 0.25) is 0 Å². The SMILES string of the molecule is COc1ccc(Cn2nncc2N(C)Cc2ccc(-c3ccc(N4C[C@H](CO)OC4C=O)cc3F)s2)cc1. The summed E-state index contributed by atoms with van der Waals surface area (Å²) in [5, 5.41) is 17.7. The number of aromatic nitrogens is 3. The number of aliphatic hydroxyl groups excluding tert-OH is 1. The highest BCUT2D eigenvalue weighted by atomic mass is 32.1. The molecule has 0 bridgehead atoms. The Kier molecular flexibility index (Phi) is 7.68. The molecule has 1 aliphatic rings. The summed E-state index contributed by atoms with van der Waals surface area (Å²) in [5.41, 5.74) is 2.10. The molecule has 1 unspecified atom stereocenters. The number of nitrogens with zero attached hydrogens (tertiary/aromatic N) is 5. The number of methoxy groups -OCH3 is 1. The Labute approximate surface area is 223 Å². The smallest absolute Gasteiger partial charge is 0.187 e. The van der Waals surface area contributed by atoms with Gasteiger partial charge in [0.1, 0.15) is 23.5 Å². The van der Waals surface area contributed by atoms with E-state index in [0.717, 1.165) is 26.9 Å². The largest absolute Gasteiger partial charge is 0.497 e. The molecule has 0 saturated carbocycles. The van der Waals surface area contributed by atoms with Gasteiger partial charge in [-0.2, -0.15) is 0 Å². The minimum absolute atomic E-state index is 0.202. The van der Waals surface area contributed by atoms with Crippen molar-refractivity contribution >= 4 is 29.1 Å². The van der Waals surface area contributed by atoms with Crippen LogP contribution in [0.15, 0.2) is 60.8 Å². The summed E-state index contributed by atoms with van der Waals surface area (Å²) in [4.78, 5) is 17.0. The van der Waals surface area contributed by atoms with E-state index in [-0.39, 0.29) is 12.4 Å². The molecule has 0 radical (unpaired) electrons. The molecule has 4 aromatic rings. The van der Waals surface area contributed by atoms with Gasteiger partial charge in [-0.1, -0.05) is 17.3 Å². The van der Waals surface area contributed by atoms with Crippen LogP contribution in [0.5, 0.6) is 5.75 Å². The van der Waals surface area contributed by atoms with Crippen LogP contribution < -0.4 is 14.5 Å². The number of hydrogen-bond donors (Lipinski definition) is 1. The van der Waals surface area contributed by atoms with Gasteiger partial charge < -0.3 is 24.4 Å². The number of carbonyl (C=O) groups excluding carboxylic acids is 1. The van der Waals surface area contributed by atoms with E-state index in [0.29, 0.717) is 37.2 Å². The van der Waals surface area contributed by atoms with Gasteiger partial charge >= 0.3 is 0 Å². The molecular formula is C27H28FN5O4S. The zero-order valence-corrected chi connectivity index (χ0v) is 21.8. The molecule has 2 aromatic heterocycles. The molecule has 9 nitrogen and oxygen atoms in total. The fourth-order valence-electron chi connectivity index (χ4n) is 4.46. The van der Waals surface area contributed by atoms with Gasteiger partial charge in [-0.3, -0.25) is 4.79 Å². The van der Waals surface area contributed by atoms with Crippen LogP contribution in [0, 0.1) is 5.82 Å². The van der Waals surface area contributed by atoms with E-state index in [4.69, 9.17) is 9.47 Å². The number of halogens is 1. The second-order valence-corrected chi connectivity index (χ2v) is 10.2. The van der Waals surface area contributed by atoms with Crippen molar-refractivity contribution in [3.63, 3.8) is 0 Å². The van der Waals surface area contributed by atoms with Gasteiger partial charge in [-0.15, -0.1) is 16.4 Å². The van der Waals surface area contributed by atoms with Crippen molar-refractivity contribution in [3.8, 4) is 16.2 Å². The van der Waals surface area contributed by atoms with Crippen molar-refractivity contribution < 1.29 is 23.8 Å². The minimum Gasteiger partial charge on any atom is -0.497 e. The molecule has 0 amide bonds. The highest BCUT2D eigenvalue weighted by molar-refractivity contribution is 7.15. The van der Waals surface area contributed by atoms with Crippen LogP contribution >= 0.6 is 11.3 Å². The zero-order chi connectivity index (χ0) is 26.6. The van der Waals surface area contributed by atoms with E-state index in [1.165, 1.54) is 17.4 Å². The number of benzene rings is 2. The quantitative estimate of drug-likeness (QED) is 0.307. The molecule has 0 spiro atoms. The Balaban J connectivity index is 1.27. The molecule has 2 atom stereocenters. The number of hydrogen-bond acceptors (Lipinski definition) is 9. The predicted molar refractivity (Wildman–Crippen MR) is 143 cm³/mol. The van der Waals surface area contributed by atoms with E-state index in [1.54, 1.807) is 30.3 Å². The average molecular weight is 538 g/mol. The molecule has 38 heavy (non-hydrogen) atoms. The number of carbonyl (C=O) groups is 1. The molecule has 1 saturated heterocycles. The lowest BCUT2D eigenvalue weighted by atomic mass is 10.1. The first-order valence-corrected chi connectivity index (χ1v) is 12.9. The topological polar surface area (TPSA) is 93.0 Å². The van der Waals surface area contributed by atoms with Gasteiger partial charge in [0.05, 0.1) is 33.0 Å². The Morgan fingerprint density at radius 1 is 1.24 bits per heavy atom. The van der Waals surface area contributed by atoms with Crippen LogP contribution in [0.3, 0.4) is 0 Å². The Hall–Kier alpha value is -3.80. The van der Waals surface area contributed by atoms with Gasteiger partial charge in [-0.25, -0.2) is 9.07 Å². The summed E-state index contributed by atoms with van der Waals surface area (Å²) in [6, 6.07) is 16.6. The minimum atomic E-state index is -0.839. The van der Waals surface area contributed by atoms with Gasteiger partial charge in [0.15, 0.2) is 12.5 Å². The lowest BCUT2D eigenvalue weighted by molar-refractivity contribution is -0.117. The summed E-state index contributed by atoms with van der Waals surface area (Å²) in [6.45, 7) is 1.29. The predicted octanol–water partition coefficient (Wildman–Crippen LogP) is 3.56. The molecule has 1 fully saturated rings. The maximum Gasteiger partial charge on any atom is 0.187 e. The Morgan fingerprint density at radius 3 is 2.76 bits per heavy atom. The monoisotopic (exact) mass is 537 g/mol. The van der Waals surface area contributed by atoms with Gasteiger partial charge in [0.25, 0.3) is 0 Å². The zero-order valence-electron chi connectivity index (χ0n) is 21.0. The molecule has 0 aliphatic carbocycles. The number of ether oxygens (including phenoxy) is 2. The van der Waals surface area contributed by atoms with Crippen molar-refractivity contribution in [3.05, 3.63) is 77.1 Å². The first-order valence-electron chi connectivity index (χ1n) is 12.1. The van der Waals surface area contributed by atoms with Crippen molar-refractivity contribution in [2.24, 2.45) is 0 Å². The first-order chi connectivity index (χ1) is 18.5. The molecule has 1 N–H and O–H groups in total. The molecule has 2 aromatic carbocycles. The fourth-order valence-corrected chi connectivity index (χ4v) is 5.55. The summed E-state index contributed by atoms with van der Waals surface area (Å²) >= 11 is 1.51. The van der Waals surface area contributed by atoms with Crippen molar-refractivity contribution in [2.75, 3.05) is 37.1 Å².